The van der Waals surface area contributed by atoms with Gasteiger partial charge in [0.1, 0.15) is 0 Å². The first-order valence-corrected chi connectivity index (χ1v) is 3.91. The Hall–Kier alpha value is -0.690. The fourth-order valence-electron chi connectivity index (χ4n) is 0.647. The highest BCUT2D eigenvalue weighted by Gasteiger charge is 2.12. The molecule has 11 heavy (non-hydrogen) atoms. The molecular weight excluding hydrogens is 160 g/mol. The van der Waals surface area contributed by atoms with E-state index >= 15 is 0 Å². The van der Waals surface area contributed by atoms with E-state index in [0.717, 1.165) is 0 Å². The molecule has 0 fully saturated rings. The summed E-state index contributed by atoms with van der Waals surface area (Å²) < 4.78 is 0. The largest absolute Gasteiger partial charge is 0.344 e. The number of amides is 1. The first-order valence-electron chi connectivity index (χ1n) is 3.39. The SMILES string of the molecule is CC(S)C(=O)N(C)CCC#N. The Kier molecular flexibility index (Phi) is 4.71. The quantitative estimate of drug-likeness (QED) is 0.636. The third kappa shape index (κ3) is 3.89. The highest BCUT2D eigenvalue weighted by atomic mass is 32.1. The van der Waals surface area contributed by atoms with Gasteiger partial charge in [0.2, 0.25) is 5.91 Å². The lowest BCUT2D eigenvalue weighted by Crippen LogP contribution is -2.32. The van der Waals surface area contributed by atoms with E-state index in [-0.39, 0.29) is 11.2 Å². The minimum absolute atomic E-state index is 0.0383. The van der Waals surface area contributed by atoms with Gasteiger partial charge in [0.05, 0.1) is 17.7 Å². The molecule has 0 heterocycles. The van der Waals surface area contributed by atoms with Crippen molar-refractivity contribution in [3.8, 4) is 6.07 Å². The molecule has 0 aromatic rings. The minimum atomic E-state index is -0.279. The van der Waals surface area contributed by atoms with Crippen LogP contribution in [0.15, 0.2) is 0 Å². The van der Waals surface area contributed by atoms with Crippen molar-refractivity contribution in [2.45, 2.75) is 18.6 Å². The van der Waals surface area contributed by atoms with Crippen molar-refractivity contribution in [2.75, 3.05) is 13.6 Å². The second-order valence-electron chi connectivity index (χ2n) is 2.34. The molecule has 0 aromatic carbocycles. The van der Waals surface area contributed by atoms with Gasteiger partial charge in [0.15, 0.2) is 0 Å². The van der Waals surface area contributed by atoms with Gasteiger partial charge in [0.25, 0.3) is 0 Å². The molecular formula is C7H12N2OS. The van der Waals surface area contributed by atoms with Crippen molar-refractivity contribution in [1.29, 1.82) is 5.26 Å². The van der Waals surface area contributed by atoms with Crippen LogP contribution in [0.25, 0.3) is 0 Å². The van der Waals surface area contributed by atoms with Gasteiger partial charge in [-0.3, -0.25) is 4.79 Å². The Morgan fingerprint density at radius 1 is 1.82 bits per heavy atom. The lowest BCUT2D eigenvalue weighted by atomic mass is 10.3. The maximum absolute atomic E-state index is 11.1. The highest BCUT2D eigenvalue weighted by molar-refractivity contribution is 7.81. The van der Waals surface area contributed by atoms with E-state index in [9.17, 15) is 4.79 Å². The molecule has 0 spiro atoms. The minimum Gasteiger partial charge on any atom is -0.344 e. The van der Waals surface area contributed by atoms with Crippen molar-refractivity contribution in [1.82, 2.24) is 4.90 Å². The maximum atomic E-state index is 11.1. The highest BCUT2D eigenvalue weighted by Crippen LogP contribution is 1.98. The van der Waals surface area contributed by atoms with E-state index in [2.05, 4.69) is 12.6 Å². The molecule has 1 unspecified atom stereocenters. The number of thiol groups is 1. The normalized spacial score (nSPS) is 11.8. The molecule has 0 aliphatic rings. The third-order valence-corrected chi connectivity index (χ3v) is 1.51. The molecule has 0 N–H and O–H groups in total. The summed E-state index contributed by atoms with van der Waals surface area (Å²) in [7, 11) is 1.67. The Balaban J connectivity index is 3.75. The third-order valence-electron chi connectivity index (χ3n) is 1.29. The van der Waals surface area contributed by atoms with E-state index in [0.29, 0.717) is 13.0 Å². The molecule has 0 saturated carbocycles. The van der Waals surface area contributed by atoms with Crippen molar-refractivity contribution in [2.24, 2.45) is 0 Å². The molecule has 0 radical (unpaired) electrons. The molecule has 0 rings (SSSR count). The van der Waals surface area contributed by atoms with E-state index in [1.807, 2.05) is 6.07 Å². The molecule has 0 aliphatic carbocycles. The monoisotopic (exact) mass is 172 g/mol. The topological polar surface area (TPSA) is 44.1 Å². The smallest absolute Gasteiger partial charge is 0.234 e. The van der Waals surface area contributed by atoms with Crippen molar-refractivity contribution >= 4 is 18.5 Å². The second kappa shape index (κ2) is 5.03. The van der Waals surface area contributed by atoms with Crippen molar-refractivity contribution in [3.05, 3.63) is 0 Å². The fourth-order valence-corrected chi connectivity index (χ4v) is 0.844. The fraction of sp³-hybridized carbons (Fsp3) is 0.714. The maximum Gasteiger partial charge on any atom is 0.234 e. The van der Waals surface area contributed by atoms with E-state index in [4.69, 9.17) is 5.26 Å². The molecule has 0 saturated heterocycles. The van der Waals surface area contributed by atoms with Gasteiger partial charge in [-0.25, -0.2) is 0 Å². The summed E-state index contributed by atoms with van der Waals surface area (Å²) in [4.78, 5) is 12.6. The number of hydrogen-bond donors (Lipinski definition) is 1. The zero-order valence-corrected chi connectivity index (χ0v) is 7.64. The Labute approximate surface area is 72.4 Å². The average molecular weight is 172 g/mol. The predicted molar refractivity (Wildman–Crippen MR) is 46.3 cm³/mol. The lowest BCUT2D eigenvalue weighted by Gasteiger charge is -2.16. The summed E-state index contributed by atoms with van der Waals surface area (Å²) in [6, 6.07) is 1.97. The molecule has 0 aromatic heterocycles. The van der Waals surface area contributed by atoms with Gasteiger partial charge in [0, 0.05) is 13.6 Å². The molecule has 1 amide bonds. The summed E-state index contributed by atoms with van der Waals surface area (Å²) >= 11 is 3.98. The zero-order valence-electron chi connectivity index (χ0n) is 6.74. The van der Waals surface area contributed by atoms with Crippen molar-refractivity contribution < 1.29 is 4.79 Å². The van der Waals surface area contributed by atoms with Gasteiger partial charge in [-0.1, -0.05) is 0 Å². The summed E-state index contributed by atoms with van der Waals surface area (Å²) in [5.74, 6) is -0.0383. The van der Waals surface area contributed by atoms with Crippen LogP contribution < -0.4 is 0 Å². The molecule has 3 nitrogen and oxygen atoms in total. The number of hydrogen-bond acceptors (Lipinski definition) is 3. The van der Waals surface area contributed by atoms with Gasteiger partial charge < -0.3 is 4.90 Å². The number of rotatable bonds is 3. The van der Waals surface area contributed by atoms with Crippen LogP contribution in [-0.4, -0.2) is 29.6 Å². The number of carbonyl (C=O) groups is 1. The van der Waals surface area contributed by atoms with Crippen LogP contribution in [0.2, 0.25) is 0 Å². The van der Waals surface area contributed by atoms with Crippen LogP contribution in [0.3, 0.4) is 0 Å². The van der Waals surface area contributed by atoms with Crippen LogP contribution in [0.5, 0.6) is 0 Å². The van der Waals surface area contributed by atoms with Crippen LogP contribution in [0.4, 0.5) is 0 Å². The van der Waals surface area contributed by atoms with Crippen LogP contribution in [0, 0.1) is 11.3 Å². The molecule has 1 atom stereocenters. The zero-order chi connectivity index (χ0) is 8.85. The van der Waals surface area contributed by atoms with Crippen LogP contribution in [0.1, 0.15) is 13.3 Å². The van der Waals surface area contributed by atoms with E-state index < -0.39 is 0 Å². The number of carbonyl (C=O) groups excluding carboxylic acids is 1. The van der Waals surface area contributed by atoms with E-state index in [1.165, 1.54) is 4.90 Å². The summed E-state index contributed by atoms with van der Waals surface area (Å²) in [6.45, 7) is 2.20. The second-order valence-corrected chi connectivity index (χ2v) is 3.12. The van der Waals surface area contributed by atoms with Gasteiger partial charge in [-0.15, -0.1) is 0 Å². The number of nitriles is 1. The molecule has 0 aliphatic heterocycles. The summed E-state index contributed by atoms with van der Waals surface area (Å²) in [5.41, 5.74) is 0. The lowest BCUT2D eigenvalue weighted by molar-refractivity contribution is -0.128. The van der Waals surface area contributed by atoms with Crippen LogP contribution in [-0.2, 0) is 4.79 Å². The number of nitrogens with zero attached hydrogens (tertiary/aromatic N) is 2. The van der Waals surface area contributed by atoms with Crippen LogP contribution >= 0.6 is 12.6 Å². The van der Waals surface area contributed by atoms with Gasteiger partial charge in [-0.2, -0.15) is 17.9 Å². The van der Waals surface area contributed by atoms with Gasteiger partial charge >= 0.3 is 0 Å². The molecule has 0 bridgehead atoms. The Morgan fingerprint density at radius 2 is 2.36 bits per heavy atom. The Bertz CT molecular complexity index is 174. The summed E-state index contributed by atoms with van der Waals surface area (Å²) in [6.07, 6.45) is 0.378. The van der Waals surface area contributed by atoms with E-state index in [1.54, 1.807) is 14.0 Å². The molecule has 62 valence electrons. The van der Waals surface area contributed by atoms with Crippen molar-refractivity contribution in [3.63, 3.8) is 0 Å². The first kappa shape index (κ1) is 10.3. The standard InChI is InChI=1S/C7H12N2OS/c1-6(11)7(10)9(2)5-3-4-8/h6,11H,3,5H2,1-2H3. The first-order chi connectivity index (χ1) is 5.09. The molecule has 4 heteroatoms. The summed E-state index contributed by atoms with van der Waals surface area (Å²) in [5, 5.41) is 7.95. The van der Waals surface area contributed by atoms with Gasteiger partial charge in [-0.05, 0) is 6.92 Å². The average Bonchev–Trinajstić information content (AvgIpc) is 1.98. The predicted octanol–water partition coefficient (Wildman–Crippen LogP) is 0.677. The Morgan fingerprint density at radius 3 is 2.73 bits per heavy atom.